The Bertz CT molecular complexity index is 435. The van der Waals surface area contributed by atoms with Crippen molar-refractivity contribution >= 4 is 11.8 Å². The average molecular weight is 293 g/mol. The van der Waals surface area contributed by atoms with Gasteiger partial charge in [0.1, 0.15) is 11.4 Å². The maximum atomic E-state index is 11.8. The smallest absolute Gasteiger partial charge is 0.341 e. The fraction of sp³-hybridized carbons (Fsp3) is 0.625. The van der Waals surface area contributed by atoms with Crippen molar-refractivity contribution in [2.24, 2.45) is 0 Å². The van der Waals surface area contributed by atoms with Gasteiger partial charge in [-0.1, -0.05) is 0 Å². The minimum atomic E-state index is -0.326. The van der Waals surface area contributed by atoms with E-state index in [0.29, 0.717) is 24.0 Å². The fourth-order valence-electron chi connectivity index (χ4n) is 1.87. The Hall–Kier alpha value is -1.62. The lowest BCUT2D eigenvalue weighted by molar-refractivity contribution is 0.0527. The number of nitrogens with zero attached hydrogens (tertiary/aromatic N) is 2. The third-order valence-corrected chi connectivity index (χ3v) is 3.41. The molecule has 0 aromatic carbocycles. The summed E-state index contributed by atoms with van der Waals surface area (Å²) in [7, 11) is 2.13. The topological polar surface area (TPSA) is 54.5 Å². The highest BCUT2D eigenvalue weighted by atomic mass is 16.5. The second-order valence-corrected chi connectivity index (χ2v) is 5.33. The van der Waals surface area contributed by atoms with Crippen molar-refractivity contribution < 1.29 is 9.53 Å². The van der Waals surface area contributed by atoms with Crippen LogP contribution in [0, 0.1) is 0 Å². The number of pyridine rings is 1. The molecule has 0 spiro atoms. The summed E-state index contributed by atoms with van der Waals surface area (Å²) in [6.07, 6.45) is 3.83. The molecule has 1 rings (SSSR count). The number of hydrogen-bond acceptors (Lipinski definition) is 5. The molecule has 0 bridgehead atoms. The molecule has 0 radical (unpaired) electrons. The molecule has 118 valence electrons. The van der Waals surface area contributed by atoms with E-state index in [4.69, 9.17) is 4.74 Å². The molecule has 0 atom stereocenters. The molecule has 5 nitrogen and oxygen atoms in total. The third-order valence-electron chi connectivity index (χ3n) is 3.41. The summed E-state index contributed by atoms with van der Waals surface area (Å²) in [6.45, 7) is 8.43. The van der Waals surface area contributed by atoms with E-state index in [1.165, 1.54) is 0 Å². The van der Waals surface area contributed by atoms with Gasteiger partial charge in [0, 0.05) is 18.8 Å². The number of aromatic nitrogens is 1. The fourth-order valence-corrected chi connectivity index (χ4v) is 1.87. The van der Waals surface area contributed by atoms with E-state index in [-0.39, 0.29) is 5.97 Å². The van der Waals surface area contributed by atoms with E-state index in [1.54, 1.807) is 25.3 Å². The molecule has 1 aromatic rings. The van der Waals surface area contributed by atoms with Gasteiger partial charge in [0.25, 0.3) is 0 Å². The van der Waals surface area contributed by atoms with Gasteiger partial charge in [0.05, 0.1) is 6.61 Å². The van der Waals surface area contributed by atoms with Crippen LogP contribution in [0.4, 0.5) is 5.82 Å². The quantitative estimate of drug-likeness (QED) is 0.560. The van der Waals surface area contributed by atoms with Gasteiger partial charge in [-0.15, -0.1) is 0 Å². The van der Waals surface area contributed by atoms with Gasteiger partial charge in [-0.2, -0.15) is 0 Å². The van der Waals surface area contributed by atoms with Crippen LogP contribution < -0.4 is 5.32 Å². The zero-order valence-corrected chi connectivity index (χ0v) is 13.6. The zero-order chi connectivity index (χ0) is 15.7. The lowest BCUT2D eigenvalue weighted by Crippen LogP contribution is -2.27. The molecule has 0 aliphatic carbocycles. The van der Waals surface area contributed by atoms with Crippen LogP contribution in [-0.4, -0.2) is 48.6 Å². The summed E-state index contributed by atoms with van der Waals surface area (Å²) in [5.41, 5.74) is 0.499. The van der Waals surface area contributed by atoms with Crippen molar-refractivity contribution in [3.8, 4) is 0 Å². The van der Waals surface area contributed by atoms with Crippen molar-refractivity contribution in [1.82, 2.24) is 9.88 Å². The van der Waals surface area contributed by atoms with Crippen molar-refractivity contribution in [2.45, 2.75) is 39.7 Å². The first-order chi connectivity index (χ1) is 10.1. The minimum absolute atomic E-state index is 0.326. The Morgan fingerprint density at radius 3 is 2.86 bits per heavy atom. The van der Waals surface area contributed by atoms with Gasteiger partial charge in [0.15, 0.2) is 0 Å². The highest BCUT2D eigenvalue weighted by Crippen LogP contribution is 2.13. The van der Waals surface area contributed by atoms with E-state index in [1.807, 2.05) is 0 Å². The lowest BCUT2D eigenvalue weighted by atomic mass is 10.2. The number of carbonyl (C=O) groups excluding carboxylic acids is 1. The normalized spacial score (nSPS) is 11.0. The van der Waals surface area contributed by atoms with E-state index in [0.717, 1.165) is 25.9 Å². The van der Waals surface area contributed by atoms with Gasteiger partial charge in [-0.25, -0.2) is 9.78 Å². The first kappa shape index (κ1) is 17.4. The number of hydrogen-bond donors (Lipinski definition) is 1. The highest BCUT2D eigenvalue weighted by molar-refractivity contribution is 5.94. The van der Waals surface area contributed by atoms with E-state index in [9.17, 15) is 4.79 Å². The predicted molar refractivity (Wildman–Crippen MR) is 85.7 cm³/mol. The first-order valence-electron chi connectivity index (χ1n) is 7.62. The van der Waals surface area contributed by atoms with Crippen LogP contribution >= 0.6 is 0 Å². The van der Waals surface area contributed by atoms with Crippen LogP contribution in [-0.2, 0) is 4.74 Å². The Labute approximate surface area is 127 Å². The van der Waals surface area contributed by atoms with Crippen LogP contribution in [0.3, 0.4) is 0 Å². The Morgan fingerprint density at radius 1 is 1.43 bits per heavy atom. The zero-order valence-electron chi connectivity index (χ0n) is 13.6. The standard InChI is InChI=1S/C16H27N3O2/c1-5-21-16(20)14-9-8-11-18-15(14)17-10-6-7-12-19(4)13(2)3/h8-9,11,13H,5-7,10,12H2,1-4H3,(H,17,18). The highest BCUT2D eigenvalue weighted by Gasteiger charge is 2.12. The van der Waals surface area contributed by atoms with Crippen LogP contribution in [0.25, 0.3) is 0 Å². The molecule has 21 heavy (non-hydrogen) atoms. The van der Waals surface area contributed by atoms with Crippen LogP contribution in [0.2, 0.25) is 0 Å². The molecular weight excluding hydrogens is 266 g/mol. The summed E-state index contributed by atoms with van der Waals surface area (Å²) >= 11 is 0. The van der Waals surface area contributed by atoms with Crippen molar-refractivity contribution in [3.63, 3.8) is 0 Å². The molecule has 0 amide bonds. The molecule has 0 unspecified atom stereocenters. The predicted octanol–water partition coefficient (Wildman–Crippen LogP) is 2.79. The second kappa shape index (κ2) is 9.34. The molecule has 1 aromatic heterocycles. The molecule has 5 heteroatoms. The number of anilines is 1. The molecular formula is C16H27N3O2. The molecule has 0 aliphatic heterocycles. The second-order valence-electron chi connectivity index (χ2n) is 5.33. The molecule has 0 fully saturated rings. The number of unbranched alkanes of at least 4 members (excludes halogenated alkanes) is 1. The van der Waals surface area contributed by atoms with Gasteiger partial charge in [-0.3, -0.25) is 0 Å². The van der Waals surface area contributed by atoms with E-state index < -0.39 is 0 Å². The average Bonchev–Trinajstić information content (AvgIpc) is 2.47. The molecule has 0 saturated carbocycles. The summed E-state index contributed by atoms with van der Waals surface area (Å²) < 4.78 is 5.03. The summed E-state index contributed by atoms with van der Waals surface area (Å²) in [6, 6.07) is 4.05. The number of carbonyl (C=O) groups is 1. The van der Waals surface area contributed by atoms with E-state index >= 15 is 0 Å². The van der Waals surface area contributed by atoms with Crippen molar-refractivity contribution in [2.75, 3.05) is 32.1 Å². The lowest BCUT2D eigenvalue weighted by Gasteiger charge is -2.20. The molecule has 1 heterocycles. The first-order valence-corrected chi connectivity index (χ1v) is 7.62. The molecule has 0 aliphatic rings. The van der Waals surface area contributed by atoms with Crippen LogP contribution in [0.15, 0.2) is 18.3 Å². The minimum Gasteiger partial charge on any atom is -0.462 e. The maximum absolute atomic E-state index is 11.8. The number of esters is 1. The van der Waals surface area contributed by atoms with Crippen LogP contribution in [0.1, 0.15) is 44.0 Å². The Kier molecular flexibility index (Phi) is 7.75. The molecule has 1 N–H and O–H groups in total. The number of ether oxygens (including phenoxy) is 1. The van der Waals surface area contributed by atoms with Gasteiger partial charge in [0.2, 0.25) is 0 Å². The van der Waals surface area contributed by atoms with Crippen molar-refractivity contribution in [1.29, 1.82) is 0 Å². The van der Waals surface area contributed by atoms with Gasteiger partial charge in [-0.05, 0) is 59.3 Å². The Balaban J connectivity index is 2.40. The summed E-state index contributed by atoms with van der Waals surface area (Å²) in [5, 5.41) is 3.23. The van der Waals surface area contributed by atoms with Crippen molar-refractivity contribution in [3.05, 3.63) is 23.9 Å². The number of rotatable bonds is 9. The maximum Gasteiger partial charge on any atom is 0.341 e. The van der Waals surface area contributed by atoms with Gasteiger partial charge >= 0.3 is 5.97 Å². The van der Waals surface area contributed by atoms with E-state index in [2.05, 4.69) is 36.1 Å². The van der Waals surface area contributed by atoms with Crippen LogP contribution in [0.5, 0.6) is 0 Å². The summed E-state index contributed by atoms with van der Waals surface area (Å²) in [5.74, 6) is 0.279. The third kappa shape index (κ3) is 6.12. The molecule has 0 saturated heterocycles. The number of nitrogens with one attached hydrogen (secondary N) is 1. The monoisotopic (exact) mass is 293 g/mol. The Morgan fingerprint density at radius 2 is 2.19 bits per heavy atom. The largest absolute Gasteiger partial charge is 0.462 e. The van der Waals surface area contributed by atoms with Gasteiger partial charge < -0.3 is 15.0 Å². The summed E-state index contributed by atoms with van der Waals surface area (Å²) in [4.78, 5) is 18.4. The SMILES string of the molecule is CCOC(=O)c1cccnc1NCCCCN(C)C(C)C.